The zero-order valence-corrected chi connectivity index (χ0v) is 12.8. The monoisotopic (exact) mass is 295 g/mol. The van der Waals surface area contributed by atoms with E-state index in [1.165, 1.54) is 0 Å². The summed E-state index contributed by atoms with van der Waals surface area (Å²) in [5, 5.41) is 7.09. The molecule has 1 aromatic rings. The maximum Gasteiger partial charge on any atom is 0.221 e. The molecule has 0 aromatic heterocycles. The van der Waals surface area contributed by atoms with Gasteiger partial charge in [0.25, 0.3) is 0 Å². The first-order chi connectivity index (χ1) is 9.58. The number of hydrogen-bond acceptors (Lipinski definition) is 3. The molecule has 1 aliphatic rings. The number of benzene rings is 1. The highest BCUT2D eigenvalue weighted by molar-refractivity contribution is 6.31. The van der Waals surface area contributed by atoms with Gasteiger partial charge >= 0.3 is 0 Å². The third kappa shape index (κ3) is 3.87. The fourth-order valence-corrected chi connectivity index (χ4v) is 2.57. The Balaban J connectivity index is 2.21. The van der Waals surface area contributed by atoms with E-state index in [0.717, 1.165) is 35.9 Å². The van der Waals surface area contributed by atoms with Gasteiger partial charge in [0.1, 0.15) is 0 Å². The predicted molar refractivity (Wildman–Crippen MR) is 83.3 cm³/mol. The Bertz CT molecular complexity index is 476. The molecule has 0 atom stereocenters. The summed E-state index contributed by atoms with van der Waals surface area (Å²) in [5.41, 5.74) is 2.24. The highest BCUT2D eigenvalue weighted by Crippen LogP contribution is 2.28. The standard InChI is InChI=1S/C15H22ClN3O/c1-11(2)18-10-12-13(16)4-3-5-14(12)19-8-6-15(20)17-7-9-19/h3-5,11,18H,6-10H2,1-2H3,(H,17,20). The van der Waals surface area contributed by atoms with Crippen LogP contribution in [0, 0.1) is 0 Å². The lowest BCUT2D eigenvalue weighted by atomic mass is 10.1. The Kier molecular flexibility index (Phi) is 5.26. The quantitative estimate of drug-likeness (QED) is 0.895. The van der Waals surface area contributed by atoms with E-state index in [1.807, 2.05) is 12.1 Å². The van der Waals surface area contributed by atoms with E-state index in [9.17, 15) is 4.79 Å². The van der Waals surface area contributed by atoms with Gasteiger partial charge in [-0.25, -0.2) is 0 Å². The van der Waals surface area contributed by atoms with Gasteiger partial charge in [-0.3, -0.25) is 4.79 Å². The van der Waals surface area contributed by atoms with E-state index in [1.54, 1.807) is 0 Å². The van der Waals surface area contributed by atoms with Crippen molar-refractivity contribution in [1.82, 2.24) is 10.6 Å². The molecule has 0 saturated carbocycles. The number of nitrogens with zero attached hydrogens (tertiary/aromatic N) is 1. The summed E-state index contributed by atoms with van der Waals surface area (Å²) in [4.78, 5) is 13.7. The molecule has 1 amide bonds. The summed E-state index contributed by atoms with van der Waals surface area (Å²) in [6, 6.07) is 6.38. The number of rotatable bonds is 4. The van der Waals surface area contributed by atoms with Crippen LogP contribution in [0.1, 0.15) is 25.8 Å². The SMILES string of the molecule is CC(C)NCc1c(Cl)cccc1N1CCNC(=O)CC1. The van der Waals surface area contributed by atoms with Gasteiger partial charge in [0.05, 0.1) is 0 Å². The van der Waals surface area contributed by atoms with Crippen molar-refractivity contribution >= 4 is 23.2 Å². The molecule has 2 rings (SSSR count). The van der Waals surface area contributed by atoms with Gasteiger partial charge in [0.15, 0.2) is 0 Å². The van der Waals surface area contributed by atoms with Crippen LogP contribution in [0.2, 0.25) is 5.02 Å². The fourth-order valence-electron chi connectivity index (χ4n) is 2.33. The number of nitrogens with one attached hydrogen (secondary N) is 2. The lowest BCUT2D eigenvalue weighted by molar-refractivity contribution is -0.120. The predicted octanol–water partition coefficient (Wildman–Crippen LogP) is 2.16. The number of carbonyl (C=O) groups excluding carboxylic acids is 1. The van der Waals surface area contributed by atoms with Gasteiger partial charge in [-0.2, -0.15) is 0 Å². The van der Waals surface area contributed by atoms with Gasteiger partial charge < -0.3 is 15.5 Å². The van der Waals surface area contributed by atoms with E-state index in [2.05, 4.69) is 35.4 Å². The van der Waals surface area contributed by atoms with Crippen molar-refractivity contribution in [2.24, 2.45) is 0 Å². The smallest absolute Gasteiger partial charge is 0.221 e. The second-order valence-corrected chi connectivity index (χ2v) is 5.77. The fraction of sp³-hybridized carbons (Fsp3) is 0.533. The van der Waals surface area contributed by atoms with Gasteiger partial charge in [-0.05, 0) is 12.1 Å². The maximum absolute atomic E-state index is 11.5. The van der Waals surface area contributed by atoms with Gasteiger partial charge in [-0.15, -0.1) is 0 Å². The first-order valence-corrected chi connectivity index (χ1v) is 7.48. The van der Waals surface area contributed by atoms with Crippen LogP contribution in [-0.2, 0) is 11.3 Å². The minimum atomic E-state index is 0.122. The topological polar surface area (TPSA) is 44.4 Å². The number of hydrogen-bond donors (Lipinski definition) is 2. The van der Waals surface area contributed by atoms with Crippen LogP contribution in [0.5, 0.6) is 0 Å². The van der Waals surface area contributed by atoms with Crippen molar-refractivity contribution in [2.75, 3.05) is 24.5 Å². The van der Waals surface area contributed by atoms with Crippen LogP contribution in [0.25, 0.3) is 0 Å². The summed E-state index contributed by atoms with van der Waals surface area (Å²) in [6.45, 7) is 7.21. The van der Waals surface area contributed by atoms with Crippen molar-refractivity contribution < 1.29 is 4.79 Å². The average molecular weight is 296 g/mol. The molecule has 110 valence electrons. The lowest BCUT2D eigenvalue weighted by Crippen LogP contribution is -2.30. The normalized spacial score (nSPS) is 16.2. The van der Waals surface area contributed by atoms with Crippen molar-refractivity contribution in [1.29, 1.82) is 0 Å². The van der Waals surface area contributed by atoms with Crippen LogP contribution < -0.4 is 15.5 Å². The third-order valence-corrected chi connectivity index (χ3v) is 3.79. The van der Waals surface area contributed by atoms with Crippen LogP contribution in [0.4, 0.5) is 5.69 Å². The Morgan fingerprint density at radius 1 is 1.40 bits per heavy atom. The Morgan fingerprint density at radius 3 is 2.95 bits per heavy atom. The molecular formula is C15H22ClN3O. The molecule has 1 aromatic carbocycles. The molecule has 0 bridgehead atoms. The number of anilines is 1. The first-order valence-electron chi connectivity index (χ1n) is 7.10. The molecule has 0 unspecified atom stereocenters. The van der Waals surface area contributed by atoms with Crippen molar-refractivity contribution in [2.45, 2.75) is 32.9 Å². The zero-order valence-electron chi connectivity index (χ0n) is 12.1. The Hall–Kier alpha value is -1.26. The molecule has 20 heavy (non-hydrogen) atoms. The van der Waals surface area contributed by atoms with Crippen LogP contribution in [0.15, 0.2) is 18.2 Å². The lowest BCUT2D eigenvalue weighted by Gasteiger charge is -2.26. The molecule has 1 heterocycles. The van der Waals surface area contributed by atoms with Crippen molar-refractivity contribution in [3.8, 4) is 0 Å². The van der Waals surface area contributed by atoms with Crippen LogP contribution in [-0.4, -0.2) is 31.6 Å². The summed E-state index contributed by atoms with van der Waals surface area (Å²) >= 11 is 6.35. The minimum absolute atomic E-state index is 0.122. The molecule has 0 spiro atoms. The largest absolute Gasteiger partial charge is 0.369 e. The molecule has 1 aliphatic heterocycles. The summed E-state index contributed by atoms with van der Waals surface area (Å²) < 4.78 is 0. The van der Waals surface area contributed by atoms with Crippen LogP contribution >= 0.6 is 11.6 Å². The Labute approximate surface area is 125 Å². The molecule has 5 heteroatoms. The maximum atomic E-state index is 11.5. The van der Waals surface area contributed by atoms with Crippen molar-refractivity contribution in [3.05, 3.63) is 28.8 Å². The second kappa shape index (κ2) is 6.95. The second-order valence-electron chi connectivity index (χ2n) is 5.36. The summed E-state index contributed by atoms with van der Waals surface area (Å²) in [7, 11) is 0. The minimum Gasteiger partial charge on any atom is -0.369 e. The summed E-state index contributed by atoms with van der Waals surface area (Å²) in [6.07, 6.45) is 0.531. The molecule has 4 nitrogen and oxygen atoms in total. The van der Waals surface area contributed by atoms with E-state index in [-0.39, 0.29) is 5.91 Å². The third-order valence-electron chi connectivity index (χ3n) is 3.43. The highest BCUT2D eigenvalue weighted by atomic mass is 35.5. The molecule has 2 N–H and O–H groups in total. The number of amides is 1. The number of carbonyl (C=O) groups is 1. The van der Waals surface area contributed by atoms with Gasteiger partial charge in [-0.1, -0.05) is 31.5 Å². The van der Waals surface area contributed by atoms with E-state index >= 15 is 0 Å². The molecule has 0 radical (unpaired) electrons. The molecule has 1 fully saturated rings. The van der Waals surface area contributed by atoms with Gasteiger partial charge in [0, 0.05) is 54.9 Å². The van der Waals surface area contributed by atoms with Crippen molar-refractivity contribution in [3.63, 3.8) is 0 Å². The molecule has 1 saturated heterocycles. The van der Waals surface area contributed by atoms with Crippen LogP contribution in [0.3, 0.4) is 0 Å². The van der Waals surface area contributed by atoms with E-state index < -0.39 is 0 Å². The highest BCUT2D eigenvalue weighted by Gasteiger charge is 2.17. The zero-order chi connectivity index (χ0) is 14.5. The van der Waals surface area contributed by atoms with Gasteiger partial charge in [0.2, 0.25) is 5.91 Å². The van der Waals surface area contributed by atoms with E-state index in [0.29, 0.717) is 19.0 Å². The summed E-state index contributed by atoms with van der Waals surface area (Å²) in [5.74, 6) is 0.122. The number of halogens is 1. The molecule has 0 aliphatic carbocycles. The Morgan fingerprint density at radius 2 is 2.20 bits per heavy atom. The van der Waals surface area contributed by atoms with E-state index in [4.69, 9.17) is 11.6 Å². The average Bonchev–Trinajstić information content (AvgIpc) is 2.62. The first kappa shape index (κ1) is 15.1. The molecular weight excluding hydrogens is 274 g/mol.